The van der Waals surface area contributed by atoms with E-state index >= 15 is 0 Å². The van der Waals surface area contributed by atoms with Crippen LogP contribution in [-0.2, 0) is 19.0 Å². The van der Waals surface area contributed by atoms with Crippen molar-refractivity contribution >= 4 is 6.29 Å². The average Bonchev–Trinajstić information content (AvgIpc) is 3.45. The van der Waals surface area contributed by atoms with Crippen molar-refractivity contribution < 1.29 is 49.6 Å². The van der Waals surface area contributed by atoms with Crippen molar-refractivity contribution in [1.82, 2.24) is 0 Å². The minimum absolute atomic E-state index is 0.0258. The van der Waals surface area contributed by atoms with E-state index in [4.69, 9.17) is 39.7 Å². The molecular formula is C39H70O10. The molecule has 3 saturated carbocycles. The molecule has 10 nitrogen and oxygen atoms in total. The van der Waals surface area contributed by atoms with Crippen molar-refractivity contribution in [2.75, 3.05) is 26.4 Å². The van der Waals surface area contributed by atoms with Crippen molar-refractivity contribution in [3.8, 4) is 0 Å². The van der Waals surface area contributed by atoms with Gasteiger partial charge in [-0.2, -0.15) is 0 Å². The molecule has 4 rings (SSSR count). The summed E-state index contributed by atoms with van der Waals surface area (Å²) in [5.74, 6) is 3.47. The van der Waals surface area contributed by atoms with E-state index in [1.807, 2.05) is 20.8 Å². The van der Waals surface area contributed by atoms with E-state index in [1.54, 1.807) is 5.57 Å². The lowest BCUT2D eigenvalue weighted by Crippen LogP contribution is -2.50. The van der Waals surface area contributed by atoms with Gasteiger partial charge in [-0.15, -0.1) is 0 Å². The van der Waals surface area contributed by atoms with Crippen LogP contribution in [0.2, 0.25) is 0 Å². The van der Waals surface area contributed by atoms with Gasteiger partial charge in [0.2, 0.25) is 0 Å². The molecule has 1 unspecified atom stereocenters. The third kappa shape index (κ3) is 9.35. The number of ether oxygens (including phenoxy) is 3. The quantitative estimate of drug-likeness (QED) is 0.0709. The second-order valence-electron chi connectivity index (χ2n) is 16.0. The Morgan fingerprint density at radius 1 is 0.898 bits per heavy atom. The summed E-state index contributed by atoms with van der Waals surface area (Å²) in [6.45, 7) is 17.1. The molecule has 0 spiro atoms. The highest BCUT2D eigenvalue weighted by Crippen LogP contribution is 2.67. The zero-order valence-corrected chi connectivity index (χ0v) is 31.4. The van der Waals surface area contributed by atoms with E-state index in [-0.39, 0.29) is 18.3 Å². The molecule has 0 heterocycles. The zero-order chi connectivity index (χ0) is 36.6. The van der Waals surface area contributed by atoms with Crippen molar-refractivity contribution in [1.29, 1.82) is 0 Å². The van der Waals surface area contributed by atoms with Crippen LogP contribution in [0.1, 0.15) is 119 Å². The number of fused-ring (bicyclic) bond motifs is 5. The molecule has 0 saturated heterocycles. The largest absolute Gasteiger partial charge is 0.394 e. The molecule has 0 bridgehead atoms. The summed E-state index contributed by atoms with van der Waals surface area (Å²) >= 11 is 0. The molecule has 0 amide bonds. The Morgan fingerprint density at radius 3 is 2.10 bits per heavy atom. The number of carbonyl (C=O) groups is 1. The smallest absolute Gasteiger partial charge is 0.285 e. The van der Waals surface area contributed by atoms with Gasteiger partial charge in [0.15, 0.2) is 6.29 Å². The molecule has 10 heteroatoms. The summed E-state index contributed by atoms with van der Waals surface area (Å²) in [6, 6.07) is 0. The number of hydrogen-bond donors (Lipinski definition) is 6. The predicted molar refractivity (Wildman–Crippen MR) is 188 cm³/mol. The highest BCUT2D eigenvalue weighted by molar-refractivity contribution is 5.56. The maximum atomic E-state index is 10.3. The first-order valence-electron chi connectivity index (χ1n) is 19.3. The van der Waals surface area contributed by atoms with E-state index in [2.05, 4.69) is 33.8 Å². The average molecular weight is 699 g/mol. The molecule has 0 aliphatic heterocycles. The van der Waals surface area contributed by atoms with Gasteiger partial charge in [-0.05, 0) is 119 Å². The van der Waals surface area contributed by atoms with Gasteiger partial charge in [-0.1, -0.05) is 52.2 Å². The summed E-state index contributed by atoms with van der Waals surface area (Å²) in [6.07, 6.45) is 9.18. The summed E-state index contributed by atoms with van der Waals surface area (Å²) < 4.78 is 18.2. The Balaban J connectivity index is 0.000000463. The summed E-state index contributed by atoms with van der Waals surface area (Å²) in [5, 5.41) is 53.9. The number of allylic oxidation sites excluding steroid dienone is 1. The minimum Gasteiger partial charge on any atom is -0.394 e. The van der Waals surface area contributed by atoms with Crippen molar-refractivity contribution in [3.05, 3.63) is 11.6 Å². The van der Waals surface area contributed by atoms with Crippen LogP contribution < -0.4 is 0 Å². The Kier molecular flexibility index (Phi) is 16.2. The molecule has 0 aromatic carbocycles. The highest BCUT2D eigenvalue weighted by Gasteiger charge is 2.59. The fourth-order valence-corrected chi connectivity index (χ4v) is 10.5. The number of carbonyl (C=O) groups excluding carboxylic acids is 1. The first-order valence-corrected chi connectivity index (χ1v) is 19.3. The molecule has 0 aromatic rings. The van der Waals surface area contributed by atoms with Crippen LogP contribution in [0.15, 0.2) is 11.6 Å². The summed E-state index contributed by atoms with van der Waals surface area (Å²) in [4.78, 5) is 9.90. The standard InChI is InChI=1S/C33H58O4.C6H12O6/c1-8-35-33(36-9-2,37-10-3)24(5)13-11-12-23(4)28-16-17-29-27-15-14-25-22-26(34)18-20-31(25,6)30(27)19-21-32(28,29)7;7-1-3(9)5(11)6(12)4(10)2-8/h14,23-24,26-30,34H,8-13,15-22H2,1-7H3;1,3-6,8-12H,2H2/t23-,24?,26+,27+,28-,29+,30+,31+,32-;3-,4+,5+,6-/m10/s1. The van der Waals surface area contributed by atoms with Gasteiger partial charge in [-0.3, -0.25) is 0 Å². The molecule has 0 aromatic heterocycles. The lowest BCUT2D eigenvalue weighted by Gasteiger charge is -2.58. The van der Waals surface area contributed by atoms with E-state index < -0.39 is 37.0 Å². The molecule has 4 aliphatic carbocycles. The molecule has 13 atom stereocenters. The molecule has 0 radical (unpaired) electrons. The third-order valence-corrected chi connectivity index (χ3v) is 13.2. The third-order valence-electron chi connectivity index (χ3n) is 13.2. The van der Waals surface area contributed by atoms with Crippen molar-refractivity contribution in [2.45, 2.75) is 156 Å². The molecule has 4 aliphatic rings. The van der Waals surface area contributed by atoms with Crippen molar-refractivity contribution in [3.63, 3.8) is 0 Å². The lowest BCUT2D eigenvalue weighted by atomic mass is 9.47. The monoisotopic (exact) mass is 698 g/mol. The van der Waals surface area contributed by atoms with Gasteiger partial charge in [-0.25, -0.2) is 0 Å². The Bertz CT molecular complexity index is 1020. The predicted octanol–water partition coefficient (Wildman–Crippen LogP) is 4.75. The number of aliphatic hydroxyl groups excluding tert-OH is 6. The van der Waals surface area contributed by atoms with Crippen LogP contribution in [0, 0.1) is 46.3 Å². The van der Waals surface area contributed by atoms with Crippen LogP contribution in [0.5, 0.6) is 0 Å². The second-order valence-corrected chi connectivity index (χ2v) is 16.0. The minimum atomic E-state index is -1.79. The number of rotatable bonds is 17. The highest BCUT2D eigenvalue weighted by atomic mass is 16.9. The van der Waals surface area contributed by atoms with E-state index in [0.717, 1.165) is 48.9 Å². The Labute approximate surface area is 295 Å². The Hall–Kier alpha value is -0.950. The molecule has 6 N–H and O–H groups in total. The molecule has 286 valence electrons. The first kappa shape index (κ1) is 42.5. The van der Waals surface area contributed by atoms with E-state index in [9.17, 15) is 9.90 Å². The number of aliphatic hydroxyl groups is 6. The Morgan fingerprint density at radius 2 is 1.53 bits per heavy atom. The topological polar surface area (TPSA) is 166 Å². The maximum absolute atomic E-state index is 10.3. The van der Waals surface area contributed by atoms with Gasteiger partial charge in [0, 0.05) is 25.7 Å². The van der Waals surface area contributed by atoms with Gasteiger partial charge in [0.05, 0.1) is 12.7 Å². The van der Waals surface area contributed by atoms with Crippen LogP contribution in [0.3, 0.4) is 0 Å². The zero-order valence-electron chi connectivity index (χ0n) is 31.4. The summed E-state index contributed by atoms with van der Waals surface area (Å²) in [5.41, 5.74) is 2.43. The fraction of sp³-hybridized carbons (Fsp3) is 0.923. The second kappa shape index (κ2) is 18.7. The maximum Gasteiger partial charge on any atom is 0.285 e. The van der Waals surface area contributed by atoms with Crippen LogP contribution in [0.4, 0.5) is 0 Å². The number of aldehydes is 1. The van der Waals surface area contributed by atoms with Gasteiger partial charge in [0.1, 0.15) is 24.4 Å². The normalized spacial score (nSPS) is 34.9. The molecule has 3 fully saturated rings. The van der Waals surface area contributed by atoms with Gasteiger partial charge >= 0.3 is 0 Å². The van der Waals surface area contributed by atoms with Gasteiger partial charge in [0.25, 0.3) is 5.97 Å². The van der Waals surface area contributed by atoms with E-state index in [0.29, 0.717) is 30.7 Å². The SMILES string of the molecule is CCOC(OCC)(OCC)C(C)CCC[C@@H](C)[C@H]1CC[C@H]2[C@@H]3CC=C4C[C@@H](O)CC[C@]4(C)[C@H]3CC[C@]12C.O=C[C@H](O)[C@@H](O)[C@@H](O)[C@H](O)CO. The van der Waals surface area contributed by atoms with Gasteiger partial charge < -0.3 is 49.6 Å². The van der Waals surface area contributed by atoms with Crippen LogP contribution >= 0.6 is 0 Å². The summed E-state index contributed by atoms with van der Waals surface area (Å²) in [7, 11) is 0. The fourth-order valence-electron chi connectivity index (χ4n) is 10.5. The lowest BCUT2D eigenvalue weighted by molar-refractivity contribution is -0.400. The number of hydrogen-bond acceptors (Lipinski definition) is 10. The van der Waals surface area contributed by atoms with Crippen molar-refractivity contribution in [2.24, 2.45) is 46.3 Å². The molecule has 49 heavy (non-hydrogen) atoms. The van der Waals surface area contributed by atoms with Crippen LogP contribution in [-0.4, -0.2) is 99.8 Å². The van der Waals surface area contributed by atoms with Crippen LogP contribution in [0.25, 0.3) is 0 Å². The van der Waals surface area contributed by atoms with E-state index in [1.165, 1.54) is 51.4 Å². The first-order chi connectivity index (χ1) is 23.2. The molecular weight excluding hydrogens is 628 g/mol.